The van der Waals surface area contributed by atoms with Gasteiger partial charge < -0.3 is 10.2 Å². The van der Waals surface area contributed by atoms with Crippen LogP contribution >= 0.6 is 0 Å². The third-order valence-corrected chi connectivity index (χ3v) is 3.71. The van der Waals surface area contributed by atoms with Gasteiger partial charge in [-0.05, 0) is 11.1 Å². The molecule has 2 amide bonds. The van der Waals surface area contributed by atoms with Crippen molar-refractivity contribution in [1.29, 1.82) is 0 Å². The number of benzene rings is 2. The Labute approximate surface area is 127 Å². The quantitative estimate of drug-likeness (QED) is 0.696. The molecule has 0 bridgehead atoms. The first-order valence-electron chi connectivity index (χ1n) is 6.97. The number of nitro benzene ring substituents is 1. The summed E-state index contributed by atoms with van der Waals surface area (Å²) >= 11 is 0. The number of rotatable bonds is 4. The average Bonchev–Trinajstić information content (AvgIpc) is 2.90. The number of carbonyl (C=O) groups is 1. The highest BCUT2D eigenvalue weighted by Gasteiger charge is 2.29. The molecule has 1 fully saturated rings. The van der Waals surface area contributed by atoms with Crippen LogP contribution < -0.4 is 5.32 Å². The summed E-state index contributed by atoms with van der Waals surface area (Å²) in [7, 11) is 0. The molecule has 2 aromatic carbocycles. The van der Waals surface area contributed by atoms with Gasteiger partial charge in [0.15, 0.2) is 0 Å². The van der Waals surface area contributed by atoms with Crippen LogP contribution in [0, 0.1) is 10.1 Å². The zero-order chi connectivity index (χ0) is 15.5. The van der Waals surface area contributed by atoms with Crippen LogP contribution in [0.1, 0.15) is 17.2 Å². The minimum atomic E-state index is -0.433. The highest BCUT2D eigenvalue weighted by atomic mass is 16.6. The van der Waals surface area contributed by atoms with Crippen molar-refractivity contribution in [3.63, 3.8) is 0 Å². The summed E-state index contributed by atoms with van der Waals surface area (Å²) in [5.41, 5.74) is 1.99. The number of hydrogen-bond donors (Lipinski definition) is 1. The molecule has 112 valence electrons. The maximum Gasteiger partial charge on any atom is 0.318 e. The summed E-state index contributed by atoms with van der Waals surface area (Å²) in [5.74, 6) is 0. The van der Waals surface area contributed by atoms with Gasteiger partial charge in [-0.1, -0.05) is 42.5 Å². The van der Waals surface area contributed by atoms with Crippen molar-refractivity contribution in [3.8, 4) is 0 Å². The lowest BCUT2D eigenvalue weighted by Gasteiger charge is -2.14. The first-order valence-corrected chi connectivity index (χ1v) is 6.97. The van der Waals surface area contributed by atoms with Crippen LogP contribution in [0.2, 0.25) is 0 Å². The van der Waals surface area contributed by atoms with Gasteiger partial charge in [-0.25, -0.2) is 4.79 Å². The molecule has 0 aliphatic carbocycles. The van der Waals surface area contributed by atoms with Crippen molar-refractivity contribution in [1.82, 2.24) is 10.2 Å². The molecule has 1 N–H and O–H groups in total. The second-order valence-electron chi connectivity index (χ2n) is 5.22. The second-order valence-corrected chi connectivity index (χ2v) is 5.22. The lowest BCUT2D eigenvalue weighted by atomic mass is 10.1. The molecule has 0 aromatic heterocycles. The number of carbonyl (C=O) groups excluding carboxylic acids is 1. The third kappa shape index (κ3) is 2.90. The Morgan fingerprint density at radius 2 is 1.82 bits per heavy atom. The van der Waals surface area contributed by atoms with Crippen LogP contribution in [0.4, 0.5) is 10.5 Å². The van der Waals surface area contributed by atoms with Gasteiger partial charge in [-0.15, -0.1) is 0 Å². The van der Waals surface area contributed by atoms with Gasteiger partial charge in [-0.2, -0.15) is 0 Å². The first-order chi connectivity index (χ1) is 10.6. The fourth-order valence-corrected chi connectivity index (χ4v) is 2.54. The van der Waals surface area contributed by atoms with E-state index in [-0.39, 0.29) is 17.8 Å². The van der Waals surface area contributed by atoms with E-state index in [0.29, 0.717) is 13.1 Å². The van der Waals surface area contributed by atoms with Crippen molar-refractivity contribution in [2.24, 2.45) is 0 Å². The number of urea groups is 1. The molecular formula is C16H15N3O3. The van der Waals surface area contributed by atoms with Crippen molar-refractivity contribution < 1.29 is 9.72 Å². The summed E-state index contributed by atoms with van der Waals surface area (Å²) in [6.07, 6.45) is 0. The fraction of sp³-hybridized carbons (Fsp3) is 0.188. The SMILES string of the molecule is O=C1N[C@@H](c2ccccc2)CN1Cc1ccc([N+](=O)[O-])cc1. The summed E-state index contributed by atoms with van der Waals surface area (Å²) in [6.45, 7) is 1.02. The summed E-state index contributed by atoms with van der Waals surface area (Å²) < 4.78 is 0. The number of nitro groups is 1. The first kappa shape index (κ1) is 14.1. The largest absolute Gasteiger partial charge is 0.329 e. The number of hydrogen-bond acceptors (Lipinski definition) is 3. The van der Waals surface area contributed by atoms with Crippen LogP contribution in [-0.4, -0.2) is 22.4 Å². The Balaban J connectivity index is 1.68. The van der Waals surface area contributed by atoms with Crippen LogP contribution in [0.5, 0.6) is 0 Å². The fourth-order valence-electron chi connectivity index (χ4n) is 2.54. The molecule has 2 aromatic rings. The molecule has 22 heavy (non-hydrogen) atoms. The number of amides is 2. The van der Waals surface area contributed by atoms with Gasteiger partial charge in [0.1, 0.15) is 0 Å². The highest BCUT2D eigenvalue weighted by molar-refractivity contribution is 5.77. The lowest BCUT2D eigenvalue weighted by Crippen LogP contribution is -2.27. The summed E-state index contributed by atoms with van der Waals surface area (Å²) in [5, 5.41) is 13.6. The third-order valence-electron chi connectivity index (χ3n) is 3.71. The number of nitrogens with zero attached hydrogens (tertiary/aromatic N) is 2. The van der Waals surface area contributed by atoms with Crippen LogP contribution in [-0.2, 0) is 6.54 Å². The maximum absolute atomic E-state index is 12.0. The standard InChI is InChI=1S/C16H15N3O3/c20-16-17-15(13-4-2-1-3-5-13)11-18(16)10-12-6-8-14(9-7-12)19(21)22/h1-9,15H,10-11H2,(H,17,20)/t15-/m1/s1. The normalized spacial score (nSPS) is 17.4. The molecule has 3 rings (SSSR count). The van der Waals surface area contributed by atoms with E-state index in [0.717, 1.165) is 11.1 Å². The molecule has 6 nitrogen and oxygen atoms in total. The molecule has 1 atom stereocenters. The minimum absolute atomic E-state index is 0.0215. The molecule has 1 aliphatic heterocycles. The molecule has 0 unspecified atom stereocenters. The van der Waals surface area contributed by atoms with Crippen LogP contribution in [0.15, 0.2) is 54.6 Å². The molecule has 1 aliphatic rings. The molecule has 6 heteroatoms. The van der Waals surface area contributed by atoms with Crippen LogP contribution in [0.25, 0.3) is 0 Å². The zero-order valence-corrected chi connectivity index (χ0v) is 11.8. The summed E-state index contributed by atoms with van der Waals surface area (Å²) in [6, 6.07) is 15.9. The Bertz CT molecular complexity index is 686. The topological polar surface area (TPSA) is 75.5 Å². The van der Waals surface area contributed by atoms with E-state index in [1.165, 1.54) is 12.1 Å². The molecule has 1 heterocycles. The van der Waals surface area contributed by atoms with Crippen molar-refractivity contribution in [3.05, 3.63) is 75.8 Å². The Morgan fingerprint density at radius 3 is 2.45 bits per heavy atom. The van der Waals surface area contributed by atoms with Crippen molar-refractivity contribution in [2.45, 2.75) is 12.6 Å². The smallest absolute Gasteiger partial charge is 0.318 e. The number of non-ortho nitro benzene ring substituents is 1. The van der Waals surface area contributed by atoms with Gasteiger partial charge in [-0.3, -0.25) is 10.1 Å². The molecule has 0 radical (unpaired) electrons. The monoisotopic (exact) mass is 297 g/mol. The molecule has 1 saturated heterocycles. The van der Waals surface area contributed by atoms with E-state index in [2.05, 4.69) is 5.32 Å². The van der Waals surface area contributed by atoms with Gasteiger partial charge in [0, 0.05) is 25.2 Å². The predicted molar refractivity (Wildman–Crippen MR) is 81.2 cm³/mol. The van der Waals surface area contributed by atoms with Gasteiger partial charge in [0.2, 0.25) is 0 Å². The van der Waals surface area contributed by atoms with Crippen molar-refractivity contribution >= 4 is 11.7 Å². The molecule has 0 saturated carbocycles. The lowest BCUT2D eigenvalue weighted by molar-refractivity contribution is -0.384. The average molecular weight is 297 g/mol. The Morgan fingerprint density at radius 1 is 1.14 bits per heavy atom. The Hall–Kier alpha value is -2.89. The van der Waals surface area contributed by atoms with E-state index in [4.69, 9.17) is 0 Å². The van der Waals surface area contributed by atoms with Gasteiger partial charge in [0.05, 0.1) is 11.0 Å². The van der Waals surface area contributed by atoms with E-state index >= 15 is 0 Å². The summed E-state index contributed by atoms with van der Waals surface area (Å²) in [4.78, 5) is 24.0. The highest BCUT2D eigenvalue weighted by Crippen LogP contribution is 2.22. The van der Waals surface area contributed by atoms with E-state index in [9.17, 15) is 14.9 Å². The second kappa shape index (κ2) is 5.85. The minimum Gasteiger partial charge on any atom is -0.329 e. The van der Waals surface area contributed by atoms with E-state index in [1.807, 2.05) is 30.3 Å². The predicted octanol–water partition coefficient (Wildman–Crippen LogP) is 2.86. The Kier molecular flexibility index (Phi) is 3.74. The van der Waals surface area contributed by atoms with Crippen LogP contribution in [0.3, 0.4) is 0 Å². The number of nitrogens with one attached hydrogen (secondary N) is 1. The van der Waals surface area contributed by atoms with E-state index < -0.39 is 4.92 Å². The maximum atomic E-state index is 12.0. The molecular weight excluding hydrogens is 282 g/mol. The van der Waals surface area contributed by atoms with Crippen molar-refractivity contribution in [2.75, 3.05) is 6.54 Å². The zero-order valence-electron chi connectivity index (χ0n) is 11.8. The van der Waals surface area contributed by atoms with Gasteiger partial charge in [0.25, 0.3) is 5.69 Å². The van der Waals surface area contributed by atoms with Gasteiger partial charge >= 0.3 is 6.03 Å². The molecule has 0 spiro atoms. The van der Waals surface area contributed by atoms with E-state index in [1.54, 1.807) is 17.0 Å².